The zero-order valence-corrected chi connectivity index (χ0v) is 18.0. The van der Waals surface area contributed by atoms with Gasteiger partial charge < -0.3 is 5.32 Å². The summed E-state index contributed by atoms with van der Waals surface area (Å²) >= 11 is 1.11. The molecule has 3 amide bonds. The summed E-state index contributed by atoms with van der Waals surface area (Å²) in [5, 5.41) is 5.78. The van der Waals surface area contributed by atoms with Crippen LogP contribution in [-0.4, -0.2) is 33.3 Å². The van der Waals surface area contributed by atoms with Crippen molar-refractivity contribution < 1.29 is 9.59 Å². The smallest absolute Gasteiger partial charge is 0.321 e. The number of hydrogen-bond donors (Lipinski definition) is 2. The summed E-state index contributed by atoms with van der Waals surface area (Å²) in [6.07, 6.45) is 0.894. The molecule has 0 atom stereocenters. The Morgan fingerprint density at radius 3 is 2.47 bits per heavy atom. The molecule has 0 unspecified atom stereocenters. The molecule has 0 saturated carbocycles. The van der Waals surface area contributed by atoms with Gasteiger partial charge in [0.25, 0.3) is 5.56 Å². The molecule has 8 heteroatoms. The van der Waals surface area contributed by atoms with Crippen LogP contribution in [0.4, 0.5) is 4.79 Å². The molecule has 0 spiro atoms. The Morgan fingerprint density at radius 1 is 1.10 bits per heavy atom. The highest BCUT2D eigenvalue weighted by Gasteiger charge is 2.16. The van der Waals surface area contributed by atoms with E-state index in [1.165, 1.54) is 4.57 Å². The lowest BCUT2D eigenvalue weighted by molar-refractivity contribution is -0.117. The van der Waals surface area contributed by atoms with E-state index in [1.54, 1.807) is 32.0 Å². The van der Waals surface area contributed by atoms with Crippen molar-refractivity contribution in [2.75, 3.05) is 5.75 Å². The lowest BCUT2D eigenvalue weighted by atomic mass is 10.1. The number of amides is 3. The second kappa shape index (κ2) is 9.58. The Bertz CT molecular complexity index is 1120. The highest BCUT2D eigenvalue weighted by atomic mass is 32.2. The van der Waals surface area contributed by atoms with Gasteiger partial charge in [-0.1, -0.05) is 43.0 Å². The number of aromatic nitrogens is 2. The molecule has 1 heterocycles. The molecule has 0 saturated heterocycles. The number of nitrogens with zero attached hydrogens (tertiary/aromatic N) is 2. The molecule has 0 aliphatic heterocycles. The molecule has 0 radical (unpaired) electrons. The number of carbonyl (C=O) groups excluding carboxylic acids is 2. The van der Waals surface area contributed by atoms with E-state index in [2.05, 4.69) is 22.5 Å². The minimum atomic E-state index is -0.547. The summed E-state index contributed by atoms with van der Waals surface area (Å²) in [4.78, 5) is 41.7. The van der Waals surface area contributed by atoms with Crippen LogP contribution in [0.1, 0.15) is 26.3 Å². The number of urea groups is 1. The number of carbonyl (C=O) groups is 2. The van der Waals surface area contributed by atoms with E-state index in [4.69, 9.17) is 0 Å². The zero-order chi connectivity index (χ0) is 21.7. The fourth-order valence-corrected chi connectivity index (χ4v) is 3.72. The number of fused-ring (bicyclic) bond motifs is 1. The van der Waals surface area contributed by atoms with E-state index in [1.807, 2.05) is 30.3 Å². The zero-order valence-electron chi connectivity index (χ0n) is 17.1. The highest BCUT2D eigenvalue weighted by molar-refractivity contribution is 7.99. The molecular formula is C22H24N4O3S. The van der Waals surface area contributed by atoms with Gasteiger partial charge in [0.2, 0.25) is 5.91 Å². The van der Waals surface area contributed by atoms with Crippen molar-refractivity contribution in [1.82, 2.24) is 20.2 Å². The van der Waals surface area contributed by atoms with Crippen LogP contribution in [0.5, 0.6) is 0 Å². The van der Waals surface area contributed by atoms with Gasteiger partial charge in [0, 0.05) is 6.04 Å². The summed E-state index contributed by atoms with van der Waals surface area (Å²) in [5.74, 6) is -0.517. The Morgan fingerprint density at radius 2 is 1.80 bits per heavy atom. The quantitative estimate of drug-likeness (QED) is 0.468. The fraction of sp³-hybridized carbons (Fsp3) is 0.273. The first-order valence-corrected chi connectivity index (χ1v) is 10.7. The van der Waals surface area contributed by atoms with Gasteiger partial charge in [-0.05, 0) is 50.1 Å². The van der Waals surface area contributed by atoms with Crippen molar-refractivity contribution in [3.63, 3.8) is 0 Å². The maximum Gasteiger partial charge on any atom is 0.321 e. The van der Waals surface area contributed by atoms with Crippen molar-refractivity contribution in [2.45, 2.75) is 38.4 Å². The van der Waals surface area contributed by atoms with E-state index in [0.717, 1.165) is 23.7 Å². The van der Waals surface area contributed by atoms with Gasteiger partial charge in [-0.15, -0.1) is 0 Å². The Labute approximate surface area is 178 Å². The minimum absolute atomic E-state index is 0.0522. The number of nitrogens with one attached hydrogen (secondary N) is 2. The van der Waals surface area contributed by atoms with Gasteiger partial charge >= 0.3 is 6.03 Å². The van der Waals surface area contributed by atoms with Crippen molar-refractivity contribution in [3.8, 4) is 5.69 Å². The average Bonchev–Trinajstić information content (AvgIpc) is 2.72. The van der Waals surface area contributed by atoms with Gasteiger partial charge in [-0.3, -0.25) is 19.5 Å². The number of imide groups is 1. The highest BCUT2D eigenvalue weighted by Crippen LogP contribution is 2.21. The molecular weight excluding hydrogens is 400 g/mol. The van der Waals surface area contributed by atoms with Gasteiger partial charge in [-0.25, -0.2) is 9.78 Å². The van der Waals surface area contributed by atoms with E-state index < -0.39 is 11.9 Å². The number of thioether (sulfide) groups is 1. The van der Waals surface area contributed by atoms with E-state index >= 15 is 0 Å². The van der Waals surface area contributed by atoms with Gasteiger partial charge in [0.15, 0.2) is 5.16 Å². The Hall–Kier alpha value is -3.13. The molecule has 156 valence electrons. The number of aryl methyl sites for hydroxylation is 1. The van der Waals surface area contributed by atoms with Crippen molar-refractivity contribution in [3.05, 3.63) is 64.4 Å². The van der Waals surface area contributed by atoms with Gasteiger partial charge in [0.05, 0.1) is 22.3 Å². The van der Waals surface area contributed by atoms with Crippen LogP contribution >= 0.6 is 11.8 Å². The number of hydrogen-bond acceptors (Lipinski definition) is 5. The van der Waals surface area contributed by atoms with Gasteiger partial charge in [-0.2, -0.15) is 0 Å². The molecule has 0 aliphatic rings. The molecule has 2 N–H and O–H groups in total. The SMILES string of the molecule is CCc1ccc(-n2c(SCC(=O)NC(=O)NC(C)C)nc3ccccc3c2=O)cc1. The first-order valence-electron chi connectivity index (χ1n) is 9.73. The van der Waals surface area contributed by atoms with Crippen molar-refractivity contribution >= 4 is 34.6 Å². The third kappa shape index (κ3) is 5.07. The predicted octanol–water partition coefficient (Wildman–Crippen LogP) is 3.27. The van der Waals surface area contributed by atoms with Crippen LogP contribution in [0.15, 0.2) is 58.5 Å². The summed E-state index contributed by atoms with van der Waals surface area (Å²) in [7, 11) is 0. The normalized spacial score (nSPS) is 10.9. The van der Waals surface area contributed by atoms with Crippen molar-refractivity contribution in [1.29, 1.82) is 0 Å². The van der Waals surface area contributed by atoms with Crippen LogP contribution < -0.4 is 16.2 Å². The number of para-hydroxylation sites is 1. The molecule has 3 rings (SSSR count). The van der Waals surface area contributed by atoms with Gasteiger partial charge in [0.1, 0.15) is 0 Å². The van der Waals surface area contributed by atoms with Crippen LogP contribution in [0.25, 0.3) is 16.6 Å². The van der Waals surface area contributed by atoms with E-state index in [9.17, 15) is 14.4 Å². The molecule has 1 aromatic heterocycles. The largest absolute Gasteiger partial charge is 0.336 e. The summed E-state index contributed by atoms with van der Waals surface area (Å²) in [5.41, 5.74) is 2.19. The monoisotopic (exact) mass is 424 g/mol. The van der Waals surface area contributed by atoms with Crippen LogP contribution in [0.3, 0.4) is 0 Å². The first kappa shape index (κ1) is 21.6. The minimum Gasteiger partial charge on any atom is -0.336 e. The third-order valence-corrected chi connectivity index (χ3v) is 5.29. The second-order valence-electron chi connectivity index (χ2n) is 7.04. The lowest BCUT2D eigenvalue weighted by Gasteiger charge is -2.14. The van der Waals surface area contributed by atoms with Crippen molar-refractivity contribution in [2.24, 2.45) is 0 Å². The molecule has 30 heavy (non-hydrogen) atoms. The van der Waals surface area contributed by atoms with Crippen LogP contribution in [0.2, 0.25) is 0 Å². The summed E-state index contributed by atoms with van der Waals surface area (Å²) in [6, 6.07) is 14.2. The molecule has 3 aromatic rings. The second-order valence-corrected chi connectivity index (χ2v) is 7.98. The van der Waals surface area contributed by atoms with E-state index in [-0.39, 0.29) is 17.4 Å². The topological polar surface area (TPSA) is 93.1 Å². The maximum absolute atomic E-state index is 13.2. The molecule has 0 aliphatic carbocycles. The Kier molecular flexibility index (Phi) is 6.89. The molecule has 7 nitrogen and oxygen atoms in total. The molecule has 0 fully saturated rings. The summed E-state index contributed by atoms with van der Waals surface area (Å²) < 4.78 is 1.51. The number of benzene rings is 2. The molecule has 2 aromatic carbocycles. The standard InChI is InChI=1S/C22H24N4O3S/c1-4-15-9-11-16(12-10-15)26-20(28)17-7-5-6-8-18(17)24-22(26)30-13-19(27)25-21(29)23-14(2)3/h5-12,14H,4,13H2,1-3H3,(H2,23,25,27,29). The fourth-order valence-electron chi connectivity index (χ4n) is 2.91. The lowest BCUT2D eigenvalue weighted by Crippen LogP contribution is -2.43. The van der Waals surface area contributed by atoms with E-state index in [0.29, 0.717) is 21.7 Å². The predicted molar refractivity (Wildman–Crippen MR) is 119 cm³/mol. The first-order chi connectivity index (χ1) is 14.4. The average molecular weight is 425 g/mol. The Balaban J connectivity index is 1.93. The van der Waals surface area contributed by atoms with Crippen LogP contribution in [0, 0.1) is 0 Å². The molecule has 0 bridgehead atoms. The van der Waals surface area contributed by atoms with Crippen LogP contribution in [-0.2, 0) is 11.2 Å². The third-order valence-electron chi connectivity index (χ3n) is 4.35. The summed E-state index contributed by atoms with van der Waals surface area (Å²) in [6.45, 7) is 5.68. The maximum atomic E-state index is 13.2. The number of rotatable bonds is 6.